The molecule has 1 amide bonds. The third-order valence-corrected chi connectivity index (χ3v) is 5.73. The number of ether oxygens (including phenoxy) is 4. The van der Waals surface area contributed by atoms with Gasteiger partial charge in [0.25, 0.3) is 0 Å². The first-order valence-electron chi connectivity index (χ1n) is 11.5. The lowest BCUT2D eigenvalue weighted by Crippen LogP contribution is -2.37. The fraction of sp³-hybridized carbons (Fsp3) is 0.333. The van der Waals surface area contributed by atoms with Gasteiger partial charge in [-0.3, -0.25) is 4.90 Å². The van der Waals surface area contributed by atoms with Gasteiger partial charge in [-0.05, 0) is 84.2 Å². The first-order chi connectivity index (χ1) is 17.5. The van der Waals surface area contributed by atoms with E-state index >= 15 is 0 Å². The van der Waals surface area contributed by atoms with Crippen LogP contribution >= 0.6 is 15.9 Å². The lowest BCUT2D eigenvalue weighted by atomic mass is 10.2. The number of pyridine rings is 1. The van der Waals surface area contributed by atoms with Crippen molar-refractivity contribution in [1.82, 2.24) is 4.98 Å². The Morgan fingerprint density at radius 1 is 1.03 bits per heavy atom. The number of benzene rings is 2. The minimum Gasteiger partial charge on any atom is -0.497 e. The maximum absolute atomic E-state index is 14.6. The van der Waals surface area contributed by atoms with Gasteiger partial charge in [-0.2, -0.15) is 0 Å². The van der Waals surface area contributed by atoms with Gasteiger partial charge < -0.3 is 24.7 Å². The minimum absolute atomic E-state index is 0.0568. The number of nitrogens with zero attached hydrogens (tertiary/aromatic N) is 2. The molecular weight excluding hydrogens is 545 g/mol. The molecule has 0 unspecified atom stereocenters. The second kappa shape index (κ2) is 12.2. The number of aromatic nitrogens is 1. The monoisotopic (exact) mass is 575 g/mol. The van der Waals surface area contributed by atoms with E-state index in [1.54, 1.807) is 46.1 Å². The van der Waals surface area contributed by atoms with Crippen molar-refractivity contribution >= 4 is 33.5 Å². The zero-order valence-corrected chi connectivity index (χ0v) is 23.1. The summed E-state index contributed by atoms with van der Waals surface area (Å²) in [4.78, 5) is 18.8. The molecule has 3 rings (SSSR count). The highest BCUT2D eigenvalue weighted by Gasteiger charge is 2.25. The standard InChI is InChI=1S/C27H31BrFN3O5/c1-27(2,3)37-26(33)32(14-17-6-8-19(34-4)9-7-17)24-11-10-21(29)23(31-24)16-36-15-18-12-20(28)25(35-5)22(30)13-18/h6-13H,14-16,30H2,1-5H3. The molecule has 3 aromatic rings. The first-order valence-corrected chi connectivity index (χ1v) is 12.3. The molecule has 1 heterocycles. The number of nitrogens with two attached hydrogens (primary N) is 1. The molecular formula is C27H31BrFN3O5. The van der Waals surface area contributed by atoms with Crippen molar-refractivity contribution in [3.05, 3.63) is 75.6 Å². The maximum Gasteiger partial charge on any atom is 0.416 e. The number of rotatable bonds is 9. The van der Waals surface area contributed by atoms with Crippen LogP contribution in [-0.2, 0) is 29.2 Å². The number of carbonyl (C=O) groups is 1. The summed E-state index contributed by atoms with van der Waals surface area (Å²) in [5, 5.41) is 0. The normalized spacial score (nSPS) is 11.2. The average Bonchev–Trinajstić information content (AvgIpc) is 2.83. The van der Waals surface area contributed by atoms with Gasteiger partial charge in [0.05, 0.1) is 44.1 Å². The van der Waals surface area contributed by atoms with E-state index in [4.69, 9.17) is 24.7 Å². The van der Waals surface area contributed by atoms with Crippen molar-refractivity contribution < 1.29 is 28.1 Å². The Morgan fingerprint density at radius 2 is 1.73 bits per heavy atom. The van der Waals surface area contributed by atoms with E-state index in [9.17, 15) is 9.18 Å². The highest BCUT2D eigenvalue weighted by molar-refractivity contribution is 9.10. The third-order valence-electron chi connectivity index (χ3n) is 5.14. The van der Waals surface area contributed by atoms with Crippen LogP contribution in [0.1, 0.15) is 37.6 Å². The predicted molar refractivity (Wildman–Crippen MR) is 143 cm³/mol. The van der Waals surface area contributed by atoms with Crippen molar-refractivity contribution in [3.63, 3.8) is 0 Å². The number of halogens is 2. The van der Waals surface area contributed by atoms with Crippen LogP contribution in [0.4, 0.5) is 20.7 Å². The molecule has 0 aliphatic rings. The Hall–Kier alpha value is -3.37. The van der Waals surface area contributed by atoms with E-state index < -0.39 is 17.5 Å². The number of amides is 1. The molecule has 0 aliphatic carbocycles. The molecule has 8 nitrogen and oxygen atoms in total. The van der Waals surface area contributed by atoms with Crippen molar-refractivity contribution in [3.8, 4) is 11.5 Å². The van der Waals surface area contributed by atoms with Crippen LogP contribution in [-0.4, -0.2) is 30.9 Å². The van der Waals surface area contributed by atoms with Gasteiger partial charge in [0, 0.05) is 0 Å². The van der Waals surface area contributed by atoms with E-state index in [2.05, 4.69) is 20.9 Å². The van der Waals surface area contributed by atoms with E-state index in [-0.39, 0.29) is 31.3 Å². The zero-order chi connectivity index (χ0) is 27.2. The van der Waals surface area contributed by atoms with Crippen LogP contribution in [0.2, 0.25) is 0 Å². The molecule has 37 heavy (non-hydrogen) atoms. The van der Waals surface area contributed by atoms with Crippen LogP contribution < -0.4 is 20.1 Å². The molecule has 2 aromatic carbocycles. The lowest BCUT2D eigenvalue weighted by molar-refractivity contribution is 0.0575. The summed E-state index contributed by atoms with van der Waals surface area (Å²) >= 11 is 3.41. The molecule has 2 N–H and O–H groups in total. The second-order valence-corrected chi connectivity index (χ2v) is 10.1. The van der Waals surface area contributed by atoms with Gasteiger partial charge in [-0.1, -0.05) is 12.1 Å². The third kappa shape index (κ3) is 7.80. The van der Waals surface area contributed by atoms with Crippen molar-refractivity contribution in [1.29, 1.82) is 0 Å². The Bertz CT molecular complexity index is 1210. The van der Waals surface area contributed by atoms with Crippen LogP contribution in [0.25, 0.3) is 0 Å². The Labute approximate surface area is 224 Å². The molecule has 0 aliphatic heterocycles. The van der Waals surface area contributed by atoms with Crippen molar-refractivity contribution in [2.75, 3.05) is 24.9 Å². The molecule has 0 saturated carbocycles. The van der Waals surface area contributed by atoms with Crippen LogP contribution in [0, 0.1) is 5.82 Å². The topological polar surface area (TPSA) is 96.1 Å². The summed E-state index contributed by atoms with van der Waals surface area (Å²) in [6, 6.07) is 13.5. The summed E-state index contributed by atoms with van der Waals surface area (Å²) in [5.41, 5.74) is 7.38. The number of methoxy groups -OCH3 is 2. The number of hydrogen-bond donors (Lipinski definition) is 1. The SMILES string of the molecule is COc1ccc(CN(C(=O)OC(C)(C)C)c2ccc(F)c(COCc3cc(N)c(OC)c(Br)c3)n2)cc1. The van der Waals surface area contributed by atoms with E-state index in [0.717, 1.165) is 11.1 Å². The van der Waals surface area contributed by atoms with Gasteiger partial charge in [-0.15, -0.1) is 0 Å². The summed E-state index contributed by atoms with van der Waals surface area (Å²) in [6.07, 6.45) is -0.604. The Morgan fingerprint density at radius 3 is 2.32 bits per heavy atom. The van der Waals surface area contributed by atoms with Gasteiger partial charge >= 0.3 is 6.09 Å². The molecule has 1 aromatic heterocycles. The summed E-state index contributed by atoms with van der Waals surface area (Å²) in [6.45, 7) is 5.54. The molecule has 0 radical (unpaired) electrons. The van der Waals surface area contributed by atoms with Crippen LogP contribution in [0.5, 0.6) is 11.5 Å². The van der Waals surface area contributed by atoms with Crippen LogP contribution in [0.3, 0.4) is 0 Å². The number of hydrogen-bond acceptors (Lipinski definition) is 7. The number of carbonyl (C=O) groups excluding carboxylic acids is 1. The van der Waals surface area contributed by atoms with E-state index in [1.165, 1.54) is 24.1 Å². The van der Waals surface area contributed by atoms with E-state index in [0.29, 0.717) is 21.7 Å². The molecule has 0 spiro atoms. The molecule has 0 atom stereocenters. The van der Waals surface area contributed by atoms with E-state index in [1.807, 2.05) is 18.2 Å². The van der Waals surface area contributed by atoms with Crippen molar-refractivity contribution in [2.24, 2.45) is 0 Å². The zero-order valence-electron chi connectivity index (χ0n) is 21.5. The quantitative estimate of drug-likeness (QED) is 0.301. The fourth-order valence-electron chi connectivity index (χ4n) is 3.43. The molecule has 0 fully saturated rings. The molecule has 10 heteroatoms. The van der Waals surface area contributed by atoms with Gasteiger partial charge in [-0.25, -0.2) is 14.2 Å². The molecule has 0 saturated heterocycles. The number of anilines is 2. The van der Waals surface area contributed by atoms with Gasteiger partial charge in [0.15, 0.2) is 5.75 Å². The second-order valence-electron chi connectivity index (χ2n) is 9.21. The largest absolute Gasteiger partial charge is 0.497 e. The lowest BCUT2D eigenvalue weighted by Gasteiger charge is -2.27. The smallest absolute Gasteiger partial charge is 0.416 e. The summed E-state index contributed by atoms with van der Waals surface area (Å²) in [5.74, 6) is 0.912. The summed E-state index contributed by atoms with van der Waals surface area (Å²) in [7, 11) is 3.11. The van der Waals surface area contributed by atoms with Gasteiger partial charge in [0.2, 0.25) is 0 Å². The van der Waals surface area contributed by atoms with Crippen molar-refractivity contribution in [2.45, 2.75) is 46.1 Å². The maximum atomic E-state index is 14.6. The minimum atomic E-state index is -0.726. The molecule has 198 valence electrons. The molecule has 0 bridgehead atoms. The van der Waals surface area contributed by atoms with Gasteiger partial charge in [0.1, 0.15) is 28.7 Å². The summed E-state index contributed by atoms with van der Waals surface area (Å²) < 4.78 is 37.1. The Kier molecular flexibility index (Phi) is 9.34. The highest BCUT2D eigenvalue weighted by Crippen LogP contribution is 2.32. The average molecular weight is 576 g/mol. The number of nitrogen functional groups attached to an aromatic ring is 1. The van der Waals surface area contributed by atoms with Crippen LogP contribution in [0.15, 0.2) is 53.0 Å². The Balaban J connectivity index is 1.81. The first kappa shape index (κ1) is 28.2. The fourth-order valence-corrected chi connectivity index (χ4v) is 4.12. The predicted octanol–water partition coefficient (Wildman–Crippen LogP) is 6.24. The highest BCUT2D eigenvalue weighted by atomic mass is 79.9.